The van der Waals surface area contributed by atoms with E-state index in [2.05, 4.69) is 71.7 Å². The number of nitrogens with one attached hydrogen (secondary N) is 2. The Kier molecular flexibility index (Phi) is 7.84. The number of carbonyl (C=O) groups excluding carboxylic acids is 1. The maximum atomic E-state index is 12.5. The van der Waals surface area contributed by atoms with E-state index in [-0.39, 0.29) is 16.6 Å². The van der Waals surface area contributed by atoms with E-state index in [4.69, 9.17) is 12.2 Å². The first kappa shape index (κ1) is 21.2. The topological polar surface area (TPSA) is 78.4 Å². The van der Waals surface area contributed by atoms with Gasteiger partial charge in [0.25, 0.3) is 5.91 Å². The predicted octanol–water partition coefficient (Wildman–Crippen LogP) is 5.09. The van der Waals surface area contributed by atoms with Gasteiger partial charge in [-0.15, -0.1) is 0 Å². The van der Waals surface area contributed by atoms with Crippen LogP contribution in [0.25, 0.3) is 0 Å². The summed E-state index contributed by atoms with van der Waals surface area (Å²) in [5.74, 6) is -1.46. The highest BCUT2D eigenvalue weighted by Crippen LogP contribution is 2.26. The molecule has 0 aliphatic carbocycles. The number of carboxylic acid groups (broad SMARTS) is 1. The van der Waals surface area contributed by atoms with Gasteiger partial charge >= 0.3 is 5.97 Å². The van der Waals surface area contributed by atoms with E-state index in [1.54, 1.807) is 18.2 Å². The quantitative estimate of drug-likeness (QED) is 0.232. The highest BCUT2D eigenvalue weighted by Gasteiger charge is 2.16. The standard InChI is InChI=1S/C15H8BrI3N2O3S/c16-12-9(4-7(18)5-10(12)19)13(22)21-15(25)20-11-2-1-6(17)3-8(11)14(23)24/h1-5H,(H,23,24)(H2,20,21,22,25). The normalized spacial score (nSPS) is 10.2. The number of halogens is 4. The van der Waals surface area contributed by atoms with Crippen LogP contribution >= 0.6 is 95.9 Å². The summed E-state index contributed by atoms with van der Waals surface area (Å²) in [6.07, 6.45) is 0. The Labute approximate surface area is 198 Å². The second kappa shape index (κ2) is 9.23. The summed E-state index contributed by atoms with van der Waals surface area (Å²) in [5, 5.41) is 14.6. The molecule has 0 unspecified atom stereocenters. The minimum atomic E-state index is -1.08. The highest BCUT2D eigenvalue weighted by atomic mass is 127. The molecule has 3 N–H and O–H groups in total. The molecular formula is C15H8BrI3N2O3S. The molecule has 0 aliphatic rings. The van der Waals surface area contributed by atoms with E-state index in [9.17, 15) is 14.7 Å². The molecule has 0 fully saturated rings. The summed E-state index contributed by atoms with van der Waals surface area (Å²) in [6.45, 7) is 0. The Morgan fingerprint density at radius 2 is 1.68 bits per heavy atom. The van der Waals surface area contributed by atoms with Crippen LogP contribution in [0.1, 0.15) is 20.7 Å². The summed E-state index contributed by atoms with van der Waals surface area (Å²) >= 11 is 14.8. The van der Waals surface area contributed by atoms with Gasteiger partial charge in [0.05, 0.1) is 16.8 Å². The molecule has 130 valence electrons. The molecule has 1 amide bonds. The van der Waals surface area contributed by atoms with E-state index >= 15 is 0 Å². The van der Waals surface area contributed by atoms with Crippen molar-refractivity contribution in [3.05, 3.63) is 56.6 Å². The molecule has 0 radical (unpaired) electrons. The molecule has 0 spiro atoms. The van der Waals surface area contributed by atoms with E-state index in [1.165, 1.54) is 6.07 Å². The van der Waals surface area contributed by atoms with E-state index in [0.717, 1.165) is 10.7 Å². The van der Waals surface area contributed by atoms with Crippen LogP contribution in [-0.4, -0.2) is 22.1 Å². The van der Waals surface area contributed by atoms with Gasteiger partial charge in [0.1, 0.15) is 0 Å². The van der Waals surface area contributed by atoms with Crippen molar-refractivity contribution >= 4 is 119 Å². The minimum absolute atomic E-state index is 0.0227. The fourth-order valence-corrected chi connectivity index (χ4v) is 4.80. The summed E-state index contributed by atoms with van der Waals surface area (Å²) in [6, 6.07) is 8.54. The van der Waals surface area contributed by atoms with Gasteiger partial charge in [-0.2, -0.15) is 0 Å². The van der Waals surface area contributed by atoms with Crippen LogP contribution in [0, 0.1) is 10.7 Å². The number of anilines is 1. The average Bonchev–Trinajstić information content (AvgIpc) is 2.52. The van der Waals surface area contributed by atoms with E-state index in [1.807, 2.05) is 28.7 Å². The molecule has 0 heterocycles. The number of thiocarbonyl (C=S) groups is 1. The lowest BCUT2D eigenvalue weighted by atomic mass is 10.2. The number of benzene rings is 2. The van der Waals surface area contributed by atoms with Gasteiger partial charge in [-0.25, -0.2) is 4.79 Å². The zero-order valence-corrected chi connectivity index (χ0v) is 20.9. The predicted molar refractivity (Wildman–Crippen MR) is 129 cm³/mol. The fourth-order valence-electron chi connectivity index (χ4n) is 1.85. The molecule has 2 aromatic rings. The van der Waals surface area contributed by atoms with Gasteiger partial charge in [-0.1, -0.05) is 0 Å². The van der Waals surface area contributed by atoms with Gasteiger partial charge in [0.15, 0.2) is 5.11 Å². The van der Waals surface area contributed by atoms with Crippen molar-refractivity contribution in [2.75, 3.05) is 5.32 Å². The van der Waals surface area contributed by atoms with Gasteiger partial charge in [0, 0.05) is 15.2 Å². The van der Waals surface area contributed by atoms with Crippen molar-refractivity contribution in [2.45, 2.75) is 0 Å². The molecule has 2 aromatic carbocycles. The Morgan fingerprint density at radius 3 is 2.32 bits per heavy atom. The van der Waals surface area contributed by atoms with Crippen molar-refractivity contribution in [3.8, 4) is 0 Å². The molecule has 0 atom stereocenters. The van der Waals surface area contributed by atoms with Crippen LogP contribution < -0.4 is 10.6 Å². The Hall–Kier alpha value is -0.0600. The maximum absolute atomic E-state index is 12.5. The third-order valence-electron chi connectivity index (χ3n) is 2.92. The number of carboxylic acids is 1. The third kappa shape index (κ3) is 5.71. The summed E-state index contributed by atoms with van der Waals surface area (Å²) in [7, 11) is 0. The van der Waals surface area contributed by atoms with Crippen LogP contribution in [0.4, 0.5) is 5.69 Å². The molecule has 25 heavy (non-hydrogen) atoms. The van der Waals surface area contributed by atoms with Crippen LogP contribution in [0.3, 0.4) is 0 Å². The molecule has 10 heteroatoms. The van der Waals surface area contributed by atoms with Gasteiger partial charge in [-0.3, -0.25) is 10.1 Å². The molecule has 0 saturated carbocycles. The molecule has 5 nitrogen and oxygen atoms in total. The monoisotopic (exact) mass is 756 g/mol. The number of hydrogen-bond acceptors (Lipinski definition) is 3. The van der Waals surface area contributed by atoms with E-state index < -0.39 is 5.97 Å². The molecule has 0 aromatic heterocycles. The first-order valence-corrected chi connectivity index (χ1v) is 10.9. The zero-order chi connectivity index (χ0) is 18.7. The van der Waals surface area contributed by atoms with Gasteiger partial charge < -0.3 is 10.4 Å². The number of carbonyl (C=O) groups is 2. The van der Waals surface area contributed by atoms with E-state index in [0.29, 0.717) is 15.7 Å². The summed E-state index contributed by atoms with van der Waals surface area (Å²) in [4.78, 5) is 23.8. The lowest BCUT2D eigenvalue weighted by Gasteiger charge is -2.13. The number of aromatic carboxylic acids is 1. The van der Waals surface area contributed by atoms with Crippen LogP contribution in [0.5, 0.6) is 0 Å². The number of hydrogen-bond donors (Lipinski definition) is 3. The smallest absolute Gasteiger partial charge is 0.337 e. The highest BCUT2D eigenvalue weighted by molar-refractivity contribution is 14.1. The van der Waals surface area contributed by atoms with Crippen molar-refractivity contribution in [2.24, 2.45) is 0 Å². The molecule has 2 rings (SSSR count). The molecule has 0 aliphatic heterocycles. The average molecular weight is 757 g/mol. The van der Waals surface area contributed by atoms with Crippen LogP contribution in [0.15, 0.2) is 34.8 Å². The summed E-state index contributed by atoms with van der Waals surface area (Å²) in [5.41, 5.74) is 0.838. The second-order valence-corrected chi connectivity index (χ2v) is 9.51. The first-order valence-electron chi connectivity index (χ1n) is 6.48. The largest absolute Gasteiger partial charge is 0.478 e. The minimum Gasteiger partial charge on any atom is -0.478 e. The van der Waals surface area contributed by atoms with Crippen LogP contribution in [-0.2, 0) is 0 Å². The van der Waals surface area contributed by atoms with Crippen molar-refractivity contribution in [3.63, 3.8) is 0 Å². The van der Waals surface area contributed by atoms with Gasteiger partial charge in [-0.05, 0) is 126 Å². The fraction of sp³-hybridized carbons (Fsp3) is 0. The number of amides is 1. The third-order valence-corrected chi connectivity index (χ3v) is 6.87. The molecule has 0 bridgehead atoms. The number of rotatable bonds is 3. The summed E-state index contributed by atoms with van der Waals surface area (Å²) < 4.78 is 3.28. The Bertz CT molecular complexity index is 893. The second-order valence-electron chi connectivity index (χ2n) is 4.65. The maximum Gasteiger partial charge on any atom is 0.337 e. The lowest BCUT2D eigenvalue weighted by Crippen LogP contribution is -2.34. The van der Waals surface area contributed by atoms with Crippen LogP contribution in [0.2, 0.25) is 0 Å². The zero-order valence-electron chi connectivity index (χ0n) is 12.1. The van der Waals surface area contributed by atoms with Crippen molar-refractivity contribution < 1.29 is 14.7 Å². The molecular weight excluding hydrogens is 749 g/mol. The van der Waals surface area contributed by atoms with Crippen molar-refractivity contribution in [1.82, 2.24) is 5.32 Å². The van der Waals surface area contributed by atoms with Gasteiger partial charge in [0.2, 0.25) is 0 Å². The SMILES string of the molecule is O=C(O)c1cc(I)ccc1NC(=S)NC(=O)c1cc(I)cc(I)c1Br. The Morgan fingerprint density at radius 1 is 1.04 bits per heavy atom. The Balaban J connectivity index is 2.19. The first-order chi connectivity index (χ1) is 11.7. The molecule has 0 saturated heterocycles. The van der Waals surface area contributed by atoms with Crippen molar-refractivity contribution in [1.29, 1.82) is 0 Å². The lowest BCUT2D eigenvalue weighted by molar-refractivity contribution is 0.0697.